The van der Waals surface area contributed by atoms with Crippen LogP contribution in [-0.4, -0.2) is 44.9 Å². The van der Waals surface area contributed by atoms with E-state index in [4.69, 9.17) is 21.1 Å². The van der Waals surface area contributed by atoms with Crippen molar-refractivity contribution < 1.29 is 27.1 Å². The van der Waals surface area contributed by atoms with Crippen molar-refractivity contribution >= 4 is 33.2 Å². The van der Waals surface area contributed by atoms with Crippen LogP contribution < -0.4 is 10.1 Å². The molecule has 1 aliphatic heterocycles. The molecular formula is C23H20ClFN2O5S. The Hall–Kier alpha value is -2.98. The number of morpholine rings is 1. The summed E-state index contributed by atoms with van der Waals surface area (Å²) >= 11 is 6.16. The summed E-state index contributed by atoms with van der Waals surface area (Å²) in [6.45, 7) is 1.10. The summed E-state index contributed by atoms with van der Waals surface area (Å²) in [5.74, 6) is 0.144. The number of sulfonamides is 1. The second-order valence-electron chi connectivity index (χ2n) is 7.20. The highest BCUT2D eigenvalue weighted by molar-refractivity contribution is 7.89. The first kappa shape index (κ1) is 23.2. The van der Waals surface area contributed by atoms with Crippen LogP contribution in [0.1, 0.15) is 10.4 Å². The molecule has 0 unspecified atom stereocenters. The lowest BCUT2D eigenvalue weighted by Crippen LogP contribution is -2.40. The lowest BCUT2D eigenvalue weighted by Gasteiger charge is -2.26. The molecule has 1 N–H and O–H groups in total. The summed E-state index contributed by atoms with van der Waals surface area (Å²) < 4.78 is 51.1. The zero-order chi connectivity index (χ0) is 23.4. The molecule has 0 aromatic heterocycles. The van der Waals surface area contributed by atoms with Crippen LogP contribution in [0.15, 0.2) is 71.6 Å². The number of amides is 1. The van der Waals surface area contributed by atoms with Gasteiger partial charge in [-0.2, -0.15) is 4.31 Å². The Labute approximate surface area is 195 Å². The highest BCUT2D eigenvalue weighted by atomic mass is 35.5. The van der Waals surface area contributed by atoms with Crippen LogP contribution in [0.2, 0.25) is 5.02 Å². The Morgan fingerprint density at radius 3 is 2.21 bits per heavy atom. The number of anilines is 1. The zero-order valence-corrected chi connectivity index (χ0v) is 18.9. The minimum atomic E-state index is -3.82. The van der Waals surface area contributed by atoms with Gasteiger partial charge in [0, 0.05) is 24.3 Å². The fraction of sp³-hybridized carbons (Fsp3) is 0.174. The van der Waals surface area contributed by atoms with Crippen molar-refractivity contribution in [3.8, 4) is 11.5 Å². The molecule has 10 heteroatoms. The standard InChI is InChI=1S/C23H20ClFN2O5S/c24-21-10-5-18(15-22(21)33(29,30)27-11-13-31-14-12-27)26-23(28)16-1-6-19(7-2-16)32-20-8-3-17(25)4-9-20/h1-10,15H,11-14H2,(H,26,28). The Morgan fingerprint density at radius 1 is 0.970 bits per heavy atom. The molecule has 1 aliphatic rings. The van der Waals surface area contributed by atoms with E-state index in [1.165, 1.54) is 46.8 Å². The van der Waals surface area contributed by atoms with Crippen molar-refractivity contribution in [2.45, 2.75) is 4.90 Å². The van der Waals surface area contributed by atoms with Crippen LogP contribution in [0, 0.1) is 5.82 Å². The average molecular weight is 491 g/mol. The lowest BCUT2D eigenvalue weighted by atomic mass is 10.2. The van der Waals surface area contributed by atoms with Gasteiger partial charge in [-0.05, 0) is 66.7 Å². The third-order valence-corrected chi connectivity index (χ3v) is 7.32. The van der Waals surface area contributed by atoms with Crippen molar-refractivity contribution in [2.24, 2.45) is 0 Å². The molecule has 7 nitrogen and oxygen atoms in total. The summed E-state index contributed by atoms with van der Waals surface area (Å²) in [6.07, 6.45) is 0. The van der Waals surface area contributed by atoms with Crippen LogP contribution in [0.4, 0.5) is 10.1 Å². The molecule has 3 aromatic rings. The second kappa shape index (κ2) is 9.88. The lowest BCUT2D eigenvalue weighted by molar-refractivity contribution is 0.0730. The van der Waals surface area contributed by atoms with Gasteiger partial charge in [-0.3, -0.25) is 4.79 Å². The van der Waals surface area contributed by atoms with Crippen molar-refractivity contribution in [1.29, 1.82) is 0 Å². The van der Waals surface area contributed by atoms with E-state index < -0.39 is 15.9 Å². The van der Waals surface area contributed by atoms with Gasteiger partial charge in [0.25, 0.3) is 5.91 Å². The number of benzene rings is 3. The number of nitrogens with one attached hydrogen (secondary N) is 1. The van der Waals surface area contributed by atoms with Crippen LogP contribution >= 0.6 is 11.6 Å². The van der Waals surface area contributed by atoms with E-state index in [0.717, 1.165) is 0 Å². The van der Waals surface area contributed by atoms with Crippen molar-refractivity contribution in [3.05, 3.63) is 83.1 Å². The quantitative estimate of drug-likeness (QED) is 0.548. The number of carbonyl (C=O) groups is 1. The Kier molecular flexibility index (Phi) is 6.94. The van der Waals surface area contributed by atoms with E-state index in [0.29, 0.717) is 36.0 Å². The summed E-state index contributed by atoms with van der Waals surface area (Å²) in [4.78, 5) is 12.6. The molecule has 1 amide bonds. The molecule has 0 saturated carbocycles. The maximum Gasteiger partial charge on any atom is 0.255 e. The number of hydrogen-bond acceptors (Lipinski definition) is 5. The number of carbonyl (C=O) groups excluding carboxylic acids is 1. The number of rotatable bonds is 6. The molecule has 1 fully saturated rings. The fourth-order valence-electron chi connectivity index (χ4n) is 3.22. The SMILES string of the molecule is O=C(Nc1ccc(Cl)c(S(=O)(=O)N2CCOCC2)c1)c1ccc(Oc2ccc(F)cc2)cc1. The molecule has 1 heterocycles. The summed E-state index contributed by atoms with van der Waals surface area (Å²) in [6, 6.07) is 16.2. The third-order valence-electron chi connectivity index (χ3n) is 4.94. The highest BCUT2D eigenvalue weighted by Gasteiger charge is 2.28. The fourth-order valence-corrected chi connectivity index (χ4v) is 5.13. The van der Waals surface area contributed by atoms with Gasteiger partial charge in [-0.25, -0.2) is 12.8 Å². The number of ether oxygens (including phenoxy) is 2. The molecule has 4 rings (SSSR count). The number of hydrogen-bond donors (Lipinski definition) is 1. The maximum atomic E-state index is 13.0. The Balaban J connectivity index is 1.47. The summed E-state index contributed by atoms with van der Waals surface area (Å²) in [5.41, 5.74) is 0.636. The Morgan fingerprint density at radius 2 is 1.58 bits per heavy atom. The van der Waals surface area contributed by atoms with E-state index in [9.17, 15) is 17.6 Å². The van der Waals surface area contributed by atoms with E-state index in [1.807, 2.05) is 0 Å². The van der Waals surface area contributed by atoms with Gasteiger partial charge in [0.15, 0.2) is 0 Å². The summed E-state index contributed by atoms with van der Waals surface area (Å²) in [5, 5.41) is 2.76. The first-order valence-corrected chi connectivity index (χ1v) is 11.9. The van der Waals surface area contributed by atoms with E-state index in [2.05, 4.69) is 5.32 Å². The number of halogens is 2. The van der Waals surface area contributed by atoms with Crippen LogP contribution in [-0.2, 0) is 14.8 Å². The largest absolute Gasteiger partial charge is 0.457 e. The van der Waals surface area contributed by atoms with Gasteiger partial charge in [-0.1, -0.05) is 11.6 Å². The Bertz CT molecular complexity index is 1240. The van der Waals surface area contributed by atoms with Gasteiger partial charge in [0.05, 0.1) is 18.2 Å². The molecule has 0 atom stereocenters. The van der Waals surface area contributed by atoms with Crippen LogP contribution in [0.5, 0.6) is 11.5 Å². The smallest absolute Gasteiger partial charge is 0.255 e. The highest BCUT2D eigenvalue weighted by Crippen LogP contribution is 2.29. The topological polar surface area (TPSA) is 84.9 Å². The molecule has 0 aliphatic carbocycles. The zero-order valence-electron chi connectivity index (χ0n) is 17.3. The van der Waals surface area contributed by atoms with E-state index in [1.54, 1.807) is 24.3 Å². The van der Waals surface area contributed by atoms with E-state index in [-0.39, 0.29) is 28.8 Å². The van der Waals surface area contributed by atoms with Gasteiger partial charge in [-0.15, -0.1) is 0 Å². The van der Waals surface area contributed by atoms with Crippen molar-refractivity contribution in [2.75, 3.05) is 31.6 Å². The van der Waals surface area contributed by atoms with Gasteiger partial charge >= 0.3 is 0 Å². The third kappa shape index (κ3) is 5.51. The van der Waals surface area contributed by atoms with Crippen molar-refractivity contribution in [3.63, 3.8) is 0 Å². The number of nitrogens with zero attached hydrogens (tertiary/aromatic N) is 1. The first-order chi connectivity index (χ1) is 15.8. The van der Waals surface area contributed by atoms with Crippen molar-refractivity contribution in [1.82, 2.24) is 4.31 Å². The van der Waals surface area contributed by atoms with Gasteiger partial charge in [0.2, 0.25) is 10.0 Å². The molecule has 172 valence electrons. The minimum Gasteiger partial charge on any atom is -0.457 e. The monoisotopic (exact) mass is 490 g/mol. The maximum absolute atomic E-state index is 13.0. The molecule has 0 radical (unpaired) electrons. The molecule has 33 heavy (non-hydrogen) atoms. The normalized spacial score (nSPS) is 14.6. The predicted octanol–water partition coefficient (Wildman–Crippen LogP) is 4.54. The molecular weight excluding hydrogens is 471 g/mol. The molecule has 0 bridgehead atoms. The van der Waals surface area contributed by atoms with Crippen LogP contribution in [0.25, 0.3) is 0 Å². The summed E-state index contributed by atoms with van der Waals surface area (Å²) in [7, 11) is -3.82. The van der Waals surface area contributed by atoms with Gasteiger partial charge in [0.1, 0.15) is 22.2 Å². The van der Waals surface area contributed by atoms with Gasteiger partial charge < -0.3 is 14.8 Å². The molecule has 1 saturated heterocycles. The molecule has 3 aromatic carbocycles. The minimum absolute atomic E-state index is 0.0711. The second-order valence-corrected chi connectivity index (χ2v) is 9.51. The average Bonchev–Trinajstić information content (AvgIpc) is 2.82. The first-order valence-electron chi connectivity index (χ1n) is 10.1. The molecule has 0 spiro atoms. The predicted molar refractivity (Wildman–Crippen MR) is 122 cm³/mol. The van der Waals surface area contributed by atoms with E-state index >= 15 is 0 Å². The van der Waals surface area contributed by atoms with Crippen LogP contribution in [0.3, 0.4) is 0 Å².